The molecular weight excluding hydrogens is 367 g/mol. The van der Waals surface area contributed by atoms with Gasteiger partial charge in [-0.1, -0.05) is 0 Å². The minimum Gasteiger partial charge on any atom is -0.330 e. The average Bonchev–Trinajstić information content (AvgIpc) is 3.18. The molecule has 1 aromatic heterocycles. The maximum Gasteiger partial charge on any atom is 0.434 e. The molecule has 4 heterocycles. The van der Waals surface area contributed by atoms with Crippen molar-refractivity contribution in [2.75, 3.05) is 13.1 Å². The number of allylic oxidation sites excluding steroid dienone is 1. The molecule has 0 aromatic carbocycles. The van der Waals surface area contributed by atoms with Gasteiger partial charge in [0, 0.05) is 28.8 Å². The highest BCUT2D eigenvalue weighted by molar-refractivity contribution is 7.11. The van der Waals surface area contributed by atoms with Crippen molar-refractivity contribution >= 4 is 23.5 Å². The van der Waals surface area contributed by atoms with E-state index in [9.17, 15) is 18.0 Å². The van der Waals surface area contributed by atoms with Gasteiger partial charge >= 0.3 is 6.18 Å². The maximum atomic E-state index is 13.1. The monoisotopic (exact) mass is 385 g/mol. The van der Waals surface area contributed by atoms with Crippen molar-refractivity contribution in [1.82, 2.24) is 20.6 Å². The molecule has 1 amide bonds. The average molecular weight is 385 g/mol. The lowest BCUT2D eigenvalue weighted by Gasteiger charge is -2.37. The number of hydrogen-bond donors (Lipinski definition) is 2. The summed E-state index contributed by atoms with van der Waals surface area (Å²) >= 11 is 1.00. The number of fused-ring (bicyclic) bond motifs is 1. The first-order chi connectivity index (χ1) is 12.3. The normalized spacial score (nSPS) is 26.7. The van der Waals surface area contributed by atoms with Gasteiger partial charge in [0.25, 0.3) is 0 Å². The van der Waals surface area contributed by atoms with Crippen LogP contribution in [0, 0.1) is 12.8 Å². The highest BCUT2D eigenvalue weighted by Gasteiger charge is 2.43. The molecule has 0 radical (unpaired) electrons. The first-order valence-corrected chi connectivity index (χ1v) is 9.27. The molecule has 3 aliphatic rings. The number of nitrogens with zero attached hydrogens (tertiary/aromatic N) is 3. The van der Waals surface area contributed by atoms with Gasteiger partial charge < -0.3 is 10.6 Å². The zero-order valence-electron chi connectivity index (χ0n) is 14.0. The van der Waals surface area contributed by atoms with E-state index in [4.69, 9.17) is 0 Å². The van der Waals surface area contributed by atoms with Gasteiger partial charge in [0.05, 0.1) is 5.92 Å². The van der Waals surface area contributed by atoms with Crippen LogP contribution in [0.5, 0.6) is 0 Å². The lowest BCUT2D eigenvalue weighted by atomic mass is 9.92. The van der Waals surface area contributed by atoms with E-state index in [-0.39, 0.29) is 16.7 Å². The van der Waals surface area contributed by atoms with Crippen LogP contribution in [-0.2, 0) is 11.0 Å². The molecule has 2 unspecified atom stereocenters. The lowest BCUT2D eigenvalue weighted by Crippen LogP contribution is -2.51. The smallest absolute Gasteiger partial charge is 0.330 e. The van der Waals surface area contributed by atoms with Crippen LogP contribution in [0.25, 0.3) is 0 Å². The molecule has 1 aromatic rings. The Labute approximate surface area is 152 Å². The number of rotatable bonds is 2. The summed E-state index contributed by atoms with van der Waals surface area (Å²) in [6.45, 7) is 3.15. The van der Waals surface area contributed by atoms with E-state index in [0.717, 1.165) is 43.0 Å². The Kier molecular flexibility index (Phi) is 4.26. The Balaban J connectivity index is 1.62. The Morgan fingerprint density at radius 1 is 1.31 bits per heavy atom. The maximum absolute atomic E-state index is 13.1. The molecule has 1 saturated heterocycles. The van der Waals surface area contributed by atoms with Crippen molar-refractivity contribution in [1.29, 1.82) is 0 Å². The summed E-state index contributed by atoms with van der Waals surface area (Å²) in [7, 11) is 0. The van der Waals surface area contributed by atoms with E-state index in [1.807, 2.05) is 0 Å². The van der Waals surface area contributed by atoms with Crippen LogP contribution in [0.3, 0.4) is 0 Å². The Hall–Kier alpha value is -1.94. The van der Waals surface area contributed by atoms with Gasteiger partial charge in [-0.2, -0.15) is 18.3 Å². The van der Waals surface area contributed by atoms with Crippen LogP contribution in [0.4, 0.5) is 13.2 Å². The number of amides is 1. The highest BCUT2D eigenvalue weighted by atomic mass is 32.1. The molecule has 10 heteroatoms. The van der Waals surface area contributed by atoms with Crippen LogP contribution < -0.4 is 10.6 Å². The molecule has 1 fully saturated rings. The van der Waals surface area contributed by atoms with E-state index in [0.29, 0.717) is 5.01 Å². The first-order valence-electron chi connectivity index (χ1n) is 8.45. The number of piperidine rings is 1. The van der Waals surface area contributed by atoms with E-state index >= 15 is 0 Å². The fourth-order valence-corrected chi connectivity index (χ4v) is 4.69. The third kappa shape index (κ3) is 3.01. The summed E-state index contributed by atoms with van der Waals surface area (Å²) in [5, 5.41) is 12.6. The van der Waals surface area contributed by atoms with Crippen molar-refractivity contribution in [3.8, 4) is 0 Å². The Bertz CT molecular complexity index is 781. The van der Waals surface area contributed by atoms with E-state index in [2.05, 4.69) is 20.7 Å². The number of carbonyl (C=O) groups excluding carboxylic acids is 1. The van der Waals surface area contributed by atoms with Gasteiger partial charge in [-0.25, -0.2) is 9.99 Å². The molecule has 3 aliphatic heterocycles. The molecule has 26 heavy (non-hydrogen) atoms. The summed E-state index contributed by atoms with van der Waals surface area (Å²) in [5.41, 5.74) is -0.0241. The number of hydrazone groups is 1. The summed E-state index contributed by atoms with van der Waals surface area (Å²) in [6, 6.07) is 0. The fourth-order valence-electron chi connectivity index (χ4n) is 3.66. The quantitative estimate of drug-likeness (QED) is 0.819. The predicted molar refractivity (Wildman–Crippen MR) is 90.5 cm³/mol. The van der Waals surface area contributed by atoms with Crippen molar-refractivity contribution in [2.45, 2.75) is 38.0 Å². The van der Waals surface area contributed by atoms with Crippen molar-refractivity contribution in [2.24, 2.45) is 11.0 Å². The van der Waals surface area contributed by atoms with Crippen LogP contribution >= 0.6 is 11.3 Å². The predicted octanol–water partition coefficient (Wildman–Crippen LogP) is 2.19. The zero-order chi connectivity index (χ0) is 18.5. The molecule has 6 nitrogen and oxygen atoms in total. The van der Waals surface area contributed by atoms with Crippen LogP contribution in [0.1, 0.15) is 34.3 Å². The molecule has 2 N–H and O–H groups in total. The van der Waals surface area contributed by atoms with E-state index in [1.165, 1.54) is 6.92 Å². The number of aryl methyl sites for hydroxylation is 1. The lowest BCUT2D eigenvalue weighted by molar-refractivity contribution is -0.141. The van der Waals surface area contributed by atoms with E-state index in [1.54, 1.807) is 17.3 Å². The van der Waals surface area contributed by atoms with Crippen molar-refractivity contribution in [3.63, 3.8) is 0 Å². The van der Waals surface area contributed by atoms with Crippen molar-refractivity contribution < 1.29 is 18.0 Å². The minimum absolute atomic E-state index is 0.121. The Morgan fingerprint density at radius 2 is 2.04 bits per heavy atom. The second-order valence-electron chi connectivity index (χ2n) is 6.64. The second kappa shape index (κ2) is 6.34. The SMILES string of the molecule is Cc1sc(C2C=NN3C(C4CCNCC4)=CC(=O)NC23)nc1C(F)(F)F. The third-order valence-electron chi connectivity index (χ3n) is 4.91. The second-order valence-corrected chi connectivity index (χ2v) is 7.87. The topological polar surface area (TPSA) is 69.6 Å². The molecule has 0 bridgehead atoms. The van der Waals surface area contributed by atoms with Gasteiger partial charge in [0.1, 0.15) is 11.2 Å². The Morgan fingerprint density at radius 3 is 2.69 bits per heavy atom. The molecule has 2 atom stereocenters. The largest absolute Gasteiger partial charge is 0.434 e. The number of halogens is 3. The zero-order valence-corrected chi connectivity index (χ0v) is 14.8. The van der Waals surface area contributed by atoms with Crippen molar-refractivity contribution in [3.05, 3.63) is 27.4 Å². The summed E-state index contributed by atoms with van der Waals surface area (Å²) < 4.78 is 39.2. The van der Waals surface area contributed by atoms with Gasteiger partial charge in [-0.3, -0.25) is 4.79 Å². The molecule has 0 aliphatic carbocycles. The number of nitrogens with one attached hydrogen (secondary N) is 2. The third-order valence-corrected chi connectivity index (χ3v) is 5.99. The molecular formula is C16H18F3N5OS. The number of aromatic nitrogens is 1. The van der Waals surface area contributed by atoms with E-state index < -0.39 is 24.0 Å². The van der Waals surface area contributed by atoms with Crippen LogP contribution in [0.15, 0.2) is 16.9 Å². The number of hydrogen-bond acceptors (Lipinski definition) is 6. The minimum atomic E-state index is -4.48. The summed E-state index contributed by atoms with van der Waals surface area (Å²) in [4.78, 5) is 16.1. The van der Waals surface area contributed by atoms with Crippen LogP contribution in [-0.4, -0.2) is 41.4 Å². The molecule has 140 valence electrons. The number of carbonyl (C=O) groups is 1. The molecule has 4 rings (SSSR count). The summed E-state index contributed by atoms with van der Waals surface area (Å²) in [5.74, 6) is -0.520. The highest BCUT2D eigenvalue weighted by Crippen LogP contribution is 2.40. The molecule has 0 saturated carbocycles. The standard InChI is InChI=1S/C16H18F3N5OS/c1-8-13(16(17,18)19)23-15(26-8)10-7-21-24-11(6-12(25)22-14(10)24)9-2-4-20-5-3-9/h6-7,9-10,14,20H,2-5H2,1H3,(H,22,25). The fraction of sp³-hybridized carbons (Fsp3) is 0.562. The van der Waals surface area contributed by atoms with Gasteiger partial charge in [-0.05, 0) is 32.9 Å². The first kappa shape index (κ1) is 17.5. The van der Waals surface area contributed by atoms with Gasteiger partial charge in [0.15, 0.2) is 5.69 Å². The van der Waals surface area contributed by atoms with Gasteiger partial charge in [-0.15, -0.1) is 11.3 Å². The van der Waals surface area contributed by atoms with Gasteiger partial charge in [0.2, 0.25) is 5.91 Å². The number of alkyl halides is 3. The molecule has 0 spiro atoms. The number of thiazole rings is 1. The summed E-state index contributed by atoms with van der Waals surface area (Å²) in [6.07, 6.45) is -0.0632. The van der Waals surface area contributed by atoms with Crippen LogP contribution in [0.2, 0.25) is 0 Å².